The van der Waals surface area contributed by atoms with Gasteiger partial charge in [0.15, 0.2) is 0 Å². The first kappa shape index (κ1) is 14.4. The van der Waals surface area contributed by atoms with E-state index >= 15 is 0 Å². The Hall–Kier alpha value is -1.98. The van der Waals surface area contributed by atoms with Gasteiger partial charge in [-0.2, -0.15) is 0 Å². The number of halogens is 1. The molecule has 1 heterocycles. The van der Waals surface area contributed by atoms with Gasteiger partial charge in [0, 0.05) is 18.2 Å². The van der Waals surface area contributed by atoms with Crippen molar-refractivity contribution >= 4 is 11.6 Å². The Balaban J connectivity index is 2.42. The molecule has 5 nitrogen and oxygen atoms in total. The van der Waals surface area contributed by atoms with Gasteiger partial charge in [-0.1, -0.05) is 0 Å². The average Bonchev–Trinajstić information content (AvgIpc) is 2.37. The van der Waals surface area contributed by atoms with E-state index in [1.165, 1.54) is 0 Å². The van der Waals surface area contributed by atoms with Crippen LogP contribution in [0.1, 0.15) is 43.5 Å². The second-order valence-corrected chi connectivity index (χ2v) is 5.26. The zero-order chi connectivity index (χ0) is 14.9. The molecule has 2 atom stereocenters. The van der Waals surface area contributed by atoms with Gasteiger partial charge in [-0.3, -0.25) is 14.9 Å². The molecule has 1 aliphatic heterocycles. The Kier molecular flexibility index (Phi) is 4.01. The molecule has 0 aliphatic carbocycles. The number of amides is 1. The first-order valence-electron chi connectivity index (χ1n) is 6.68. The number of hydrogen-bond donors (Lipinski definition) is 0. The van der Waals surface area contributed by atoms with E-state index in [0.717, 1.165) is 37.5 Å². The van der Waals surface area contributed by atoms with Crippen LogP contribution in [0.2, 0.25) is 0 Å². The van der Waals surface area contributed by atoms with Crippen molar-refractivity contribution < 1.29 is 14.1 Å². The second-order valence-electron chi connectivity index (χ2n) is 5.26. The highest BCUT2D eigenvalue weighted by Gasteiger charge is 2.33. The Labute approximate surface area is 116 Å². The molecule has 1 fully saturated rings. The van der Waals surface area contributed by atoms with E-state index in [4.69, 9.17) is 0 Å². The van der Waals surface area contributed by atoms with Crippen LogP contribution in [0.3, 0.4) is 0 Å². The topological polar surface area (TPSA) is 63.5 Å². The molecule has 0 saturated carbocycles. The predicted octanol–water partition coefficient (Wildman–Crippen LogP) is 3.14. The van der Waals surface area contributed by atoms with Crippen molar-refractivity contribution in [2.24, 2.45) is 0 Å². The van der Waals surface area contributed by atoms with Crippen molar-refractivity contribution in [3.05, 3.63) is 39.7 Å². The molecule has 20 heavy (non-hydrogen) atoms. The quantitative estimate of drug-likeness (QED) is 0.617. The minimum absolute atomic E-state index is 0.00845. The summed E-state index contributed by atoms with van der Waals surface area (Å²) in [7, 11) is 0. The number of nitro groups is 1. The summed E-state index contributed by atoms with van der Waals surface area (Å²) in [6, 6.07) is 3.01. The number of benzene rings is 1. The normalized spacial score (nSPS) is 22.6. The highest BCUT2D eigenvalue weighted by atomic mass is 19.1. The molecule has 108 valence electrons. The van der Waals surface area contributed by atoms with E-state index in [0.29, 0.717) is 0 Å². The number of carbonyl (C=O) groups excluding carboxylic acids is 1. The number of likely N-dealkylation sites (tertiary alicyclic amines) is 1. The molecule has 6 heteroatoms. The molecule has 1 aliphatic rings. The largest absolute Gasteiger partial charge is 0.333 e. The van der Waals surface area contributed by atoms with Crippen LogP contribution in [0.5, 0.6) is 0 Å². The number of nitro benzene ring substituents is 1. The standard InChI is InChI=1S/C14H17FN2O3/c1-9-4-3-5-10(2)16(9)14(18)12-8-11(15)6-7-13(12)17(19)20/h6-10H,3-5H2,1-2H3/t9-,10+. The van der Waals surface area contributed by atoms with E-state index in [2.05, 4.69) is 0 Å². The molecule has 0 radical (unpaired) electrons. The maximum atomic E-state index is 13.3. The van der Waals surface area contributed by atoms with Crippen molar-refractivity contribution in [1.82, 2.24) is 4.90 Å². The molecule has 0 aromatic heterocycles. The molecular weight excluding hydrogens is 263 g/mol. The van der Waals surface area contributed by atoms with Crippen molar-refractivity contribution in [1.29, 1.82) is 0 Å². The molecule has 1 saturated heterocycles. The van der Waals surface area contributed by atoms with Crippen LogP contribution in [0.15, 0.2) is 18.2 Å². The third-order valence-corrected chi connectivity index (χ3v) is 3.81. The average molecular weight is 280 g/mol. The minimum atomic E-state index is -0.647. The zero-order valence-electron chi connectivity index (χ0n) is 11.5. The number of nitrogens with zero attached hydrogens (tertiary/aromatic N) is 2. The molecule has 1 aromatic carbocycles. The van der Waals surface area contributed by atoms with Crippen molar-refractivity contribution in [2.45, 2.75) is 45.2 Å². The van der Waals surface area contributed by atoms with E-state index in [1.807, 2.05) is 13.8 Å². The summed E-state index contributed by atoms with van der Waals surface area (Å²) >= 11 is 0. The number of piperidine rings is 1. The van der Waals surface area contributed by atoms with Crippen LogP contribution in [0.25, 0.3) is 0 Å². The lowest BCUT2D eigenvalue weighted by atomic mass is 9.96. The zero-order valence-corrected chi connectivity index (χ0v) is 11.5. The lowest BCUT2D eigenvalue weighted by Gasteiger charge is -2.39. The van der Waals surface area contributed by atoms with Gasteiger partial charge in [0.25, 0.3) is 11.6 Å². The molecule has 0 spiro atoms. The molecule has 1 aromatic rings. The van der Waals surface area contributed by atoms with Crippen LogP contribution < -0.4 is 0 Å². The molecule has 2 rings (SSSR count). The summed E-state index contributed by atoms with van der Waals surface area (Å²) in [5.74, 6) is -1.10. The third kappa shape index (κ3) is 2.64. The fourth-order valence-corrected chi connectivity index (χ4v) is 2.80. The van der Waals surface area contributed by atoms with Crippen molar-refractivity contribution in [2.75, 3.05) is 0 Å². The summed E-state index contributed by atoms with van der Waals surface area (Å²) in [4.78, 5) is 24.5. The molecular formula is C14H17FN2O3. The number of rotatable bonds is 2. The summed E-state index contributed by atoms with van der Waals surface area (Å²) < 4.78 is 13.3. The first-order valence-corrected chi connectivity index (χ1v) is 6.68. The van der Waals surface area contributed by atoms with E-state index in [1.54, 1.807) is 4.90 Å². The second kappa shape index (κ2) is 5.56. The summed E-state index contributed by atoms with van der Waals surface area (Å²) in [6.07, 6.45) is 2.75. The van der Waals surface area contributed by atoms with Gasteiger partial charge < -0.3 is 4.90 Å². The van der Waals surface area contributed by atoms with Crippen LogP contribution in [-0.2, 0) is 0 Å². The van der Waals surface area contributed by atoms with Gasteiger partial charge in [-0.15, -0.1) is 0 Å². The monoisotopic (exact) mass is 280 g/mol. The van der Waals surface area contributed by atoms with Gasteiger partial charge in [-0.25, -0.2) is 4.39 Å². The summed E-state index contributed by atoms with van der Waals surface area (Å²) in [5.41, 5.74) is -0.517. The van der Waals surface area contributed by atoms with Gasteiger partial charge in [0.1, 0.15) is 11.4 Å². The molecule has 1 amide bonds. The van der Waals surface area contributed by atoms with Crippen LogP contribution in [-0.4, -0.2) is 27.8 Å². The summed E-state index contributed by atoms with van der Waals surface area (Å²) in [5, 5.41) is 11.0. The van der Waals surface area contributed by atoms with E-state index in [-0.39, 0.29) is 23.3 Å². The molecule has 0 bridgehead atoms. The number of carbonyl (C=O) groups is 1. The Bertz CT molecular complexity index is 537. The Morgan fingerprint density at radius 3 is 2.50 bits per heavy atom. The van der Waals surface area contributed by atoms with Gasteiger partial charge in [0.05, 0.1) is 4.92 Å². The Morgan fingerprint density at radius 2 is 1.95 bits per heavy atom. The highest BCUT2D eigenvalue weighted by molar-refractivity contribution is 5.98. The van der Waals surface area contributed by atoms with E-state index < -0.39 is 16.6 Å². The first-order chi connectivity index (χ1) is 9.41. The lowest BCUT2D eigenvalue weighted by Crippen LogP contribution is -2.47. The SMILES string of the molecule is C[C@@H]1CCC[C@H](C)N1C(=O)c1cc(F)ccc1[N+](=O)[O-]. The fraction of sp³-hybridized carbons (Fsp3) is 0.500. The molecule has 0 unspecified atom stereocenters. The van der Waals surface area contributed by atoms with Crippen LogP contribution >= 0.6 is 0 Å². The van der Waals surface area contributed by atoms with Crippen molar-refractivity contribution in [3.63, 3.8) is 0 Å². The lowest BCUT2D eigenvalue weighted by molar-refractivity contribution is -0.385. The van der Waals surface area contributed by atoms with Gasteiger partial charge in [0.2, 0.25) is 0 Å². The van der Waals surface area contributed by atoms with Gasteiger partial charge in [-0.05, 0) is 45.2 Å². The van der Waals surface area contributed by atoms with Crippen molar-refractivity contribution in [3.8, 4) is 0 Å². The minimum Gasteiger partial charge on any atom is -0.333 e. The maximum absolute atomic E-state index is 13.3. The third-order valence-electron chi connectivity index (χ3n) is 3.81. The summed E-state index contributed by atoms with van der Waals surface area (Å²) in [6.45, 7) is 3.83. The van der Waals surface area contributed by atoms with Crippen LogP contribution in [0, 0.1) is 15.9 Å². The van der Waals surface area contributed by atoms with Gasteiger partial charge >= 0.3 is 0 Å². The highest BCUT2D eigenvalue weighted by Crippen LogP contribution is 2.28. The van der Waals surface area contributed by atoms with E-state index in [9.17, 15) is 19.3 Å². The maximum Gasteiger partial charge on any atom is 0.282 e. The van der Waals surface area contributed by atoms with Crippen LogP contribution in [0.4, 0.5) is 10.1 Å². The predicted molar refractivity (Wildman–Crippen MR) is 72.0 cm³/mol. The number of hydrogen-bond acceptors (Lipinski definition) is 3. The fourth-order valence-electron chi connectivity index (χ4n) is 2.80. The Morgan fingerprint density at radius 1 is 1.35 bits per heavy atom. The smallest absolute Gasteiger partial charge is 0.282 e. The molecule has 0 N–H and O–H groups in total.